The van der Waals surface area contributed by atoms with Crippen molar-refractivity contribution in [2.45, 2.75) is 37.2 Å². The number of thioether (sulfide) groups is 1. The van der Waals surface area contributed by atoms with Crippen molar-refractivity contribution in [2.24, 2.45) is 0 Å². The molecule has 0 aliphatic carbocycles. The summed E-state index contributed by atoms with van der Waals surface area (Å²) in [5.74, 6) is -0.119. The van der Waals surface area contributed by atoms with Gasteiger partial charge in [-0.25, -0.2) is 4.98 Å². The van der Waals surface area contributed by atoms with Crippen molar-refractivity contribution < 1.29 is 4.79 Å². The summed E-state index contributed by atoms with van der Waals surface area (Å²) in [6, 6.07) is 16.6. The quantitative estimate of drug-likeness (QED) is 0.530. The second kappa shape index (κ2) is 8.19. The molecule has 0 bridgehead atoms. The number of amides is 1. The number of para-hydroxylation sites is 2. The molecule has 0 fully saturated rings. The summed E-state index contributed by atoms with van der Waals surface area (Å²) in [4.78, 5) is 29.9. The predicted octanol–water partition coefficient (Wildman–Crippen LogP) is 3.93. The smallest absolute Gasteiger partial charge is 0.262 e. The lowest BCUT2D eigenvalue weighted by Crippen LogP contribution is -2.27. The Balaban J connectivity index is 1.88. The molecule has 3 rings (SSSR count). The molecule has 0 aliphatic heterocycles. The van der Waals surface area contributed by atoms with Crippen molar-refractivity contribution in [2.75, 3.05) is 5.32 Å². The van der Waals surface area contributed by atoms with E-state index in [1.165, 1.54) is 11.8 Å². The Morgan fingerprint density at radius 2 is 1.85 bits per heavy atom. The number of aromatic nitrogens is 2. The third-order valence-electron chi connectivity index (χ3n) is 3.97. The Bertz CT molecular complexity index is 970. The monoisotopic (exact) mass is 367 g/mol. The molecule has 0 aliphatic rings. The molecule has 134 valence electrons. The van der Waals surface area contributed by atoms with Crippen LogP contribution in [0.4, 0.5) is 5.69 Å². The van der Waals surface area contributed by atoms with Gasteiger partial charge in [0.1, 0.15) is 0 Å². The van der Waals surface area contributed by atoms with Gasteiger partial charge in [-0.1, -0.05) is 49.0 Å². The molecule has 26 heavy (non-hydrogen) atoms. The molecular formula is C20H21N3O2S. The van der Waals surface area contributed by atoms with Crippen LogP contribution in [-0.2, 0) is 11.3 Å². The number of carbonyl (C=O) groups excluding carboxylic acids is 1. The van der Waals surface area contributed by atoms with Gasteiger partial charge in [-0.2, -0.15) is 0 Å². The summed E-state index contributed by atoms with van der Waals surface area (Å²) in [5, 5.41) is 3.69. The van der Waals surface area contributed by atoms with Crippen LogP contribution in [-0.4, -0.2) is 20.7 Å². The fraction of sp³-hybridized carbons (Fsp3) is 0.250. The van der Waals surface area contributed by atoms with Gasteiger partial charge in [-0.15, -0.1) is 0 Å². The van der Waals surface area contributed by atoms with Gasteiger partial charge >= 0.3 is 0 Å². The maximum atomic E-state index is 12.8. The van der Waals surface area contributed by atoms with E-state index in [1.54, 1.807) is 10.6 Å². The molecule has 6 heteroatoms. The highest BCUT2D eigenvalue weighted by atomic mass is 32.2. The summed E-state index contributed by atoms with van der Waals surface area (Å²) in [6.45, 7) is 4.41. The van der Waals surface area contributed by atoms with E-state index in [4.69, 9.17) is 0 Å². The Labute approximate surface area is 156 Å². The van der Waals surface area contributed by atoms with Crippen LogP contribution in [0.3, 0.4) is 0 Å². The number of benzene rings is 2. The van der Waals surface area contributed by atoms with Crippen LogP contribution in [0.5, 0.6) is 0 Å². The Morgan fingerprint density at radius 3 is 2.58 bits per heavy atom. The summed E-state index contributed by atoms with van der Waals surface area (Å²) in [5.41, 5.74) is 1.35. The molecule has 1 unspecified atom stereocenters. The van der Waals surface area contributed by atoms with Gasteiger partial charge in [0.25, 0.3) is 5.56 Å². The van der Waals surface area contributed by atoms with Gasteiger partial charge in [0.05, 0.1) is 16.2 Å². The van der Waals surface area contributed by atoms with E-state index in [0.29, 0.717) is 22.6 Å². The van der Waals surface area contributed by atoms with Crippen molar-refractivity contribution in [3.8, 4) is 0 Å². The molecule has 5 nitrogen and oxygen atoms in total. The van der Waals surface area contributed by atoms with Gasteiger partial charge in [-0.3, -0.25) is 14.2 Å². The van der Waals surface area contributed by atoms with Crippen LogP contribution >= 0.6 is 11.8 Å². The van der Waals surface area contributed by atoms with Crippen molar-refractivity contribution in [3.05, 3.63) is 65.0 Å². The summed E-state index contributed by atoms with van der Waals surface area (Å²) < 4.78 is 1.67. The number of fused-ring (bicyclic) bond motifs is 1. The number of nitrogens with zero attached hydrogens (tertiary/aromatic N) is 2. The number of hydrogen-bond acceptors (Lipinski definition) is 4. The molecule has 1 N–H and O–H groups in total. The van der Waals surface area contributed by atoms with E-state index >= 15 is 0 Å². The molecule has 2 aromatic carbocycles. The SMILES string of the molecule is CCCn1c(SC(C)C(=O)Nc2ccccc2)nc2ccccc2c1=O. The minimum absolute atomic E-state index is 0.0596. The second-order valence-electron chi connectivity index (χ2n) is 5.98. The average molecular weight is 367 g/mol. The zero-order valence-corrected chi connectivity index (χ0v) is 15.6. The van der Waals surface area contributed by atoms with Crippen molar-refractivity contribution >= 4 is 34.3 Å². The Hall–Kier alpha value is -2.60. The summed E-state index contributed by atoms with van der Waals surface area (Å²) >= 11 is 1.31. The maximum absolute atomic E-state index is 12.8. The highest BCUT2D eigenvalue weighted by molar-refractivity contribution is 8.00. The van der Waals surface area contributed by atoms with Gasteiger partial charge in [0.15, 0.2) is 5.16 Å². The molecule has 3 aromatic rings. The minimum atomic E-state index is -0.383. The normalized spacial score (nSPS) is 12.1. The van der Waals surface area contributed by atoms with Crippen molar-refractivity contribution in [1.29, 1.82) is 0 Å². The second-order valence-corrected chi connectivity index (χ2v) is 7.29. The highest BCUT2D eigenvalue weighted by Crippen LogP contribution is 2.23. The van der Waals surface area contributed by atoms with Gasteiger partial charge < -0.3 is 5.32 Å². The standard InChI is InChI=1S/C20H21N3O2S/c1-3-13-23-19(25)16-11-7-8-12-17(16)22-20(23)26-14(2)18(24)21-15-9-5-4-6-10-15/h4-12,14H,3,13H2,1-2H3,(H,21,24). The number of rotatable bonds is 6. The highest BCUT2D eigenvalue weighted by Gasteiger charge is 2.19. The first-order valence-corrected chi connectivity index (χ1v) is 9.50. The lowest BCUT2D eigenvalue weighted by atomic mass is 10.2. The van der Waals surface area contributed by atoms with Crippen LogP contribution < -0.4 is 10.9 Å². The van der Waals surface area contributed by atoms with Crippen LogP contribution in [0.2, 0.25) is 0 Å². The fourth-order valence-electron chi connectivity index (χ4n) is 2.64. The van der Waals surface area contributed by atoms with Gasteiger partial charge in [0.2, 0.25) is 5.91 Å². The number of carbonyl (C=O) groups is 1. The third-order valence-corrected chi connectivity index (χ3v) is 5.06. The van der Waals surface area contributed by atoms with Crippen LogP contribution in [0.15, 0.2) is 64.5 Å². The van der Waals surface area contributed by atoms with Gasteiger partial charge in [-0.05, 0) is 37.6 Å². The molecular weight excluding hydrogens is 346 g/mol. The molecule has 1 atom stereocenters. The first-order chi connectivity index (χ1) is 12.6. The number of nitrogens with one attached hydrogen (secondary N) is 1. The van der Waals surface area contributed by atoms with E-state index < -0.39 is 0 Å². The van der Waals surface area contributed by atoms with Crippen LogP contribution in [0, 0.1) is 0 Å². The average Bonchev–Trinajstić information content (AvgIpc) is 2.65. The third kappa shape index (κ3) is 3.96. The minimum Gasteiger partial charge on any atom is -0.325 e. The zero-order valence-electron chi connectivity index (χ0n) is 14.8. The van der Waals surface area contributed by atoms with Crippen molar-refractivity contribution in [1.82, 2.24) is 9.55 Å². The number of hydrogen-bond donors (Lipinski definition) is 1. The largest absolute Gasteiger partial charge is 0.325 e. The molecule has 0 radical (unpaired) electrons. The maximum Gasteiger partial charge on any atom is 0.262 e. The predicted molar refractivity (Wildman–Crippen MR) is 107 cm³/mol. The summed E-state index contributed by atoms with van der Waals surface area (Å²) in [6.07, 6.45) is 0.818. The van der Waals surface area contributed by atoms with Gasteiger partial charge in [0, 0.05) is 12.2 Å². The Kier molecular flexibility index (Phi) is 5.73. The topological polar surface area (TPSA) is 64.0 Å². The van der Waals surface area contributed by atoms with Crippen LogP contribution in [0.25, 0.3) is 10.9 Å². The van der Waals surface area contributed by atoms with E-state index in [-0.39, 0.29) is 16.7 Å². The van der Waals surface area contributed by atoms with E-state index in [1.807, 2.05) is 62.4 Å². The zero-order chi connectivity index (χ0) is 18.5. The first-order valence-electron chi connectivity index (χ1n) is 8.62. The lowest BCUT2D eigenvalue weighted by molar-refractivity contribution is -0.115. The molecule has 1 aromatic heterocycles. The van der Waals surface area contributed by atoms with E-state index in [0.717, 1.165) is 12.1 Å². The lowest BCUT2D eigenvalue weighted by Gasteiger charge is -2.16. The molecule has 0 spiro atoms. The molecule has 0 saturated carbocycles. The fourth-order valence-corrected chi connectivity index (χ4v) is 3.57. The number of anilines is 1. The van der Waals surface area contributed by atoms with Crippen LogP contribution in [0.1, 0.15) is 20.3 Å². The first kappa shape index (κ1) is 18.2. The van der Waals surface area contributed by atoms with E-state index in [2.05, 4.69) is 10.3 Å². The Morgan fingerprint density at radius 1 is 1.15 bits per heavy atom. The molecule has 0 saturated heterocycles. The molecule has 1 amide bonds. The van der Waals surface area contributed by atoms with E-state index in [9.17, 15) is 9.59 Å². The van der Waals surface area contributed by atoms with Crippen molar-refractivity contribution in [3.63, 3.8) is 0 Å². The summed E-state index contributed by atoms with van der Waals surface area (Å²) in [7, 11) is 0. The molecule has 1 heterocycles.